The Morgan fingerprint density at radius 1 is 1.25 bits per heavy atom. The van der Waals surface area contributed by atoms with Gasteiger partial charge in [0.25, 0.3) is 0 Å². The van der Waals surface area contributed by atoms with Crippen molar-refractivity contribution in [3.8, 4) is 0 Å². The van der Waals surface area contributed by atoms with E-state index in [-0.39, 0.29) is 0 Å². The number of hydrogen-bond acceptors (Lipinski definition) is 0. The van der Waals surface area contributed by atoms with Gasteiger partial charge in [-0.3, -0.25) is 0 Å². The van der Waals surface area contributed by atoms with Crippen molar-refractivity contribution >= 4 is 19.2 Å². The molecule has 3 heteroatoms. The van der Waals surface area contributed by atoms with Gasteiger partial charge in [-0.25, -0.2) is 0 Å². The molecule has 0 atom stereocenters. The first-order chi connectivity index (χ1) is 5.54. The van der Waals surface area contributed by atoms with E-state index in [0.717, 1.165) is 0 Å². The Labute approximate surface area is 90.6 Å². The van der Waals surface area contributed by atoms with E-state index in [1.54, 1.807) is 0 Å². The number of rotatable bonds is 0. The number of hydrogen-bond donors (Lipinski definition) is 0. The minimum atomic E-state index is -0.556. The molecule has 0 nitrogen and oxygen atoms in total. The first-order valence-electron chi connectivity index (χ1n) is 3.58. The molecule has 0 aliphatic carbocycles. The predicted molar refractivity (Wildman–Crippen MR) is 52.7 cm³/mol. The van der Waals surface area contributed by atoms with E-state index in [4.69, 9.17) is 19.2 Å². The van der Waals surface area contributed by atoms with Gasteiger partial charge < -0.3 is 0 Å². The Kier molecular flexibility index (Phi) is 6.39. The van der Waals surface area contributed by atoms with E-state index in [2.05, 4.69) is 33.8 Å². The molecule has 0 fully saturated rings. The summed E-state index contributed by atoms with van der Waals surface area (Å²) in [7, 11) is 9.78. The number of halogens is 2. The molecule has 1 aromatic rings. The van der Waals surface area contributed by atoms with E-state index in [9.17, 15) is 0 Å². The van der Waals surface area contributed by atoms with Crippen molar-refractivity contribution in [3.63, 3.8) is 0 Å². The molecule has 0 heterocycles. The van der Waals surface area contributed by atoms with Crippen LogP contribution in [0.1, 0.15) is 22.3 Å². The molecular weight excluding hydrogens is 371 g/mol. The minimum absolute atomic E-state index is 0.556. The molecule has 0 aliphatic rings. The summed E-state index contributed by atoms with van der Waals surface area (Å²) in [6, 6.07) is 2.24. The van der Waals surface area contributed by atoms with Crippen molar-refractivity contribution in [2.75, 3.05) is 0 Å². The molecule has 12 heavy (non-hydrogen) atoms. The molecule has 0 spiro atoms. The van der Waals surface area contributed by atoms with Crippen LogP contribution in [0.5, 0.6) is 0 Å². The van der Waals surface area contributed by atoms with Crippen LogP contribution in [-0.2, 0) is 15.7 Å². The van der Waals surface area contributed by atoms with Crippen molar-refractivity contribution in [2.24, 2.45) is 0 Å². The molecule has 72 valence electrons. The van der Waals surface area contributed by atoms with Gasteiger partial charge in [0, 0.05) is 0 Å². The fourth-order valence-corrected chi connectivity index (χ4v) is 1.13. The maximum absolute atomic E-state index is 4.89. The van der Waals surface area contributed by atoms with Gasteiger partial charge >= 0.3 is 34.8 Å². The van der Waals surface area contributed by atoms with Crippen LogP contribution in [0.3, 0.4) is 0 Å². The molecule has 0 amide bonds. The zero-order valence-corrected chi connectivity index (χ0v) is 11.6. The van der Waals surface area contributed by atoms with Gasteiger partial charge in [0.15, 0.2) is 0 Å². The molecule has 0 unspecified atom stereocenters. The zero-order chi connectivity index (χ0) is 9.72. The Morgan fingerprint density at radius 2 is 1.67 bits per heavy atom. The Bertz CT molecular complexity index is 218. The quantitative estimate of drug-likeness (QED) is 0.593. The average Bonchev–Trinajstić information content (AvgIpc) is 2.20. The summed E-state index contributed by atoms with van der Waals surface area (Å²) in [6.07, 6.45) is 0. The van der Waals surface area contributed by atoms with Crippen LogP contribution in [-0.4, -0.2) is 0 Å². The Balaban J connectivity index is 0.000000354. The van der Waals surface area contributed by atoms with Crippen LogP contribution < -0.4 is 0 Å². The third kappa shape index (κ3) is 3.53. The summed E-state index contributed by atoms with van der Waals surface area (Å²) in [6.45, 7) is 8.68. The van der Waals surface area contributed by atoms with E-state index in [1.165, 1.54) is 22.3 Å². The third-order valence-electron chi connectivity index (χ3n) is 2.18. The molecule has 0 radical (unpaired) electrons. The van der Waals surface area contributed by atoms with E-state index in [1.807, 2.05) is 0 Å². The third-order valence-corrected chi connectivity index (χ3v) is 2.18. The molecule has 0 aromatic heterocycles. The average molecular weight is 384 g/mol. The van der Waals surface area contributed by atoms with E-state index in [0.29, 0.717) is 0 Å². The van der Waals surface area contributed by atoms with Crippen LogP contribution in [0.2, 0.25) is 0 Å². The van der Waals surface area contributed by atoms with Gasteiger partial charge in [-0.05, 0) is 0 Å². The van der Waals surface area contributed by atoms with Crippen LogP contribution in [0.4, 0.5) is 0 Å². The van der Waals surface area contributed by atoms with Gasteiger partial charge in [-0.1, -0.05) is 27.7 Å². The molecule has 0 N–H and O–H groups in total. The van der Waals surface area contributed by atoms with Crippen molar-refractivity contribution in [1.82, 2.24) is 0 Å². The molecule has 0 saturated carbocycles. The second kappa shape index (κ2) is 6.10. The van der Waals surface area contributed by atoms with Crippen molar-refractivity contribution in [2.45, 2.75) is 27.7 Å². The second-order valence-corrected chi connectivity index (χ2v) is 6.27. The van der Waals surface area contributed by atoms with Gasteiger partial charge in [-0.15, -0.1) is 0 Å². The Hall–Kier alpha value is 0.579. The molecule has 0 bridgehead atoms. The topological polar surface area (TPSA) is 0 Å². The Morgan fingerprint density at radius 3 is 1.75 bits per heavy atom. The zero-order valence-electron chi connectivity index (χ0n) is 7.67. The van der Waals surface area contributed by atoms with Gasteiger partial charge in [0.2, 0.25) is 0 Å². The molecule has 0 saturated heterocycles. The van der Waals surface area contributed by atoms with Gasteiger partial charge in [0.05, 0.1) is 0 Å². The standard InChI is InChI=1S/C9H13.2ClH.Ir/c1-6-5-7(2)9(4)8(6)3;;;/h5H,1-4H3;2*1H;/q-1;;;+3/p-2. The molecular formula is C9H13Cl2Ir. The van der Waals surface area contributed by atoms with Crippen molar-refractivity contribution < 1.29 is 15.7 Å². The summed E-state index contributed by atoms with van der Waals surface area (Å²) >= 11 is -0.556. The van der Waals surface area contributed by atoms with Crippen molar-refractivity contribution in [1.29, 1.82) is 0 Å². The summed E-state index contributed by atoms with van der Waals surface area (Å²) in [4.78, 5) is 0. The first-order valence-corrected chi connectivity index (χ1v) is 9.51. The SMILES string of the molecule is Cc1c[c-](C)c(C)c1C.[Cl][Ir+][Cl]. The molecule has 0 aliphatic heterocycles. The molecule has 1 rings (SSSR count). The summed E-state index contributed by atoms with van der Waals surface area (Å²) in [5, 5.41) is 0. The van der Waals surface area contributed by atoms with Crippen LogP contribution >= 0.6 is 19.2 Å². The maximum atomic E-state index is 4.89. The van der Waals surface area contributed by atoms with Gasteiger partial charge in [0.1, 0.15) is 0 Å². The summed E-state index contributed by atoms with van der Waals surface area (Å²) in [5.74, 6) is 0. The fourth-order valence-electron chi connectivity index (χ4n) is 1.13. The summed E-state index contributed by atoms with van der Waals surface area (Å²) in [5.41, 5.74) is 5.75. The molecule has 1 aromatic carbocycles. The van der Waals surface area contributed by atoms with Crippen LogP contribution in [0, 0.1) is 27.7 Å². The van der Waals surface area contributed by atoms with Crippen molar-refractivity contribution in [3.05, 3.63) is 28.3 Å². The van der Waals surface area contributed by atoms with Gasteiger partial charge in [-0.2, -0.15) is 28.3 Å². The van der Waals surface area contributed by atoms with E-state index >= 15 is 0 Å². The predicted octanol–water partition coefficient (Wildman–Crippen LogP) is 4.02. The normalized spacial score (nSPS) is 9.50. The second-order valence-electron chi connectivity index (χ2n) is 2.81. The van der Waals surface area contributed by atoms with Crippen LogP contribution in [0.25, 0.3) is 0 Å². The fraction of sp³-hybridized carbons (Fsp3) is 0.444. The van der Waals surface area contributed by atoms with E-state index < -0.39 is 15.7 Å². The van der Waals surface area contributed by atoms with Crippen LogP contribution in [0.15, 0.2) is 6.07 Å². The first kappa shape index (κ1) is 12.6. The number of aryl methyl sites for hydroxylation is 2. The monoisotopic (exact) mass is 384 g/mol. The summed E-state index contributed by atoms with van der Waals surface area (Å²) < 4.78 is 0.